The highest BCUT2D eigenvalue weighted by atomic mass is 16.6. The first-order valence-corrected chi connectivity index (χ1v) is 9.69. The number of rotatable bonds is 5. The number of ether oxygens (including phenoxy) is 2. The molecule has 3 heterocycles. The second kappa shape index (κ2) is 8.58. The van der Waals surface area contributed by atoms with Gasteiger partial charge in [-0.15, -0.1) is 0 Å². The van der Waals surface area contributed by atoms with Gasteiger partial charge in [-0.1, -0.05) is 12.1 Å². The van der Waals surface area contributed by atoms with Crippen molar-refractivity contribution in [1.29, 1.82) is 0 Å². The lowest BCUT2D eigenvalue weighted by Gasteiger charge is -2.29. The van der Waals surface area contributed by atoms with Gasteiger partial charge >= 0.3 is 5.97 Å². The summed E-state index contributed by atoms with van der Waals surface area (Å²) in [7, 11) is 0. The third kappa shape index (κ3) is 4.26. The molecule has 0 radical (unpaired) electrons. The van der Waals surface area contributed by atoms with Crippen LogP contribution >= 0.6 is 0 Å². The molecule has 1 aromatic carbocycles. The summed E-state index contributed by atoms with van der Waals surface area (Å²) in [4.78, 5) is 20.9. The Hall–Kier alpha value is -2.64. The van der Waals surface area contributed by atoms with Crippen molar-refractivity contribution in [3.05, 3.63) is 53.9 Å². The summed E-state index contributed by atoms with van der Waals surface area (Å²) in [6.45, 7) is 4.97. The van der Waals surface area contributed by atoms with Gasteiger partial charge in [0.1, 0.15) is 19.3 Å². The number of hydrogen-bond donors (Lipinski definition) is 1. The quantitative estimate of drug-likeness (QED) is 0.848. The third-order valence-corrected chi connectivity index (χ3v) is 5.22. The maximum absolute atomic E-state index is 12.1. The van der Waals surface area contributed by atoms with Gasteiger partial charge in [0.2, 0.25) is 0 Å². The summed E-state index contributed by atoms with van der Waals surface area (Å²) in [5, 5.41) is 9.94. The Kier molecular flexibility index (Phi) is 5.73. The van der Waals surface area contributed by atoms with E-state index in [4.69, 9.17) is 9.47 Å². The standard InChI is InChI=1S/C21H25N3O4/c25-21(26)20(16-5-6-18-19(14-16)28-13-12-27-18)24-9-3-8-23(10-11-24)15-17-4-1-2-7-22-17/h1-2,4-7,14,20H,3,8-13,15H2,(H,25,26)/t20-/m1/s1. The molecular formula is C21H25N3O4. The van der Waals surface area contributed by atoms with Gasteiger partial charge in [0.15, 0.2) is 11.5 Å². The molecule has 1 atom stereocenters. The summed E-state index contributed by atoms with van der Waals surface area (Å²) in [5.74, 6) is 0.466. The lowest BCUT2D eigenvalue weighted by molar-refractivity contribution is -0.143. The number of carbonyl (C=O) groups is 1. The number of hydrogen-bond acceptors (Lipinski definition) is 6. The molecule has 1 N–H and O–H groups in total. The van der Waals surface area contributed by atoms with Gasteiger partial charge in [-0.2, -0.15) is 0 Å². The zero-order valence-corrected chi connectivity index (χ0v) is 15.8. The Morgan fingerprint density at radius 2 is 1.93 bits per heavy atom. The first-order chi connectivity index (χ1) is 13.7. The lowest BCUT2D eigenvalue weighted by atomic mass is 10.0. The van der Waals surface area contributed by atoms with Crippen LogP contribution in [0.2, 0.25) is 0 Å². The maximum atomic E-state index is 12.1. The van der Waals surface area contributed by atoms with Crippen LogP contribution in [0.15, 0.2) is 42.6 Å². The van der Waals surface area contributed by atoms with E-state index in [1.54, 1.807) is 0 Å². The van der Waals surface area contributed by atoms with E-state index in [1.165, 1.54) is 0 Å². The third-order valence-electron chi connectivity index (χ3n) is 5.22. The van der Waals surface area contributed by atoms with Gasteiger partial charge in [0.25, 0.3) is 0 Å². The summed E-state index contributed by atoms with van der Waals surface area (Å²) >= 11 is 0. The molecule has 0 unspecified atom stereocenters. The summed E-state index contributed by atoms with van der Waals surface area (Å²) in [6.07, 6.45) is 2.73. The van der Waals surface area contributed by atoms with Crippen LogP contribution in [0.4, 0.5) is 0 Å². The number of fused-ring (bicyclic) bond motifs is 1. The van der Waals surface area contributed by atoms with Crippen LogP contribution in [0.5, 0.6) is 11.5 Å². The Balaban J connectivity index is 1.47. The summed E-state index contributed by atoms with van der Waals surface area (Å²) in [6, 6.07) is 10.7. The fraction of sp³-hybridized carbons (Fsp3) is 0.429. The predicted molar refractivity (Wildman–Crippen MR) is 104 cm³/mol. The highest BCUT2D eigenvalue weighted by Gasteiger charge is 2.30. The first-order valence-electron chi connectivity index (χ1n) is 9.69. The van der Waals surface area contributed by atoms with Crippen LogP contribution in [-0.4, -0.2) is 65.3 Å². The van der Waals surface area contributed by atoms with Crippen LogP contribution in [0, 0.1) is 0 Å². The number of aromatic nitrogens is 1. The lowest BCUT2D eigenvalue weighted by Crippen LogP contribution is -2.37. The minimum absolute atomic E-state index is 0.486. The fourth-order valence-electron chi connectivity index (χ4n) is 3.87. The van der Waals surface area contributed by atoms with Crippen molar-refractivity contribution in [2.75, 3.05) is 39.4 Å². The molecule has 0 aliphatic carbocycles. The van der Waals surface area contributed by atoms with Crippen molar-refractivity contribution in [2.24, 2.45) is 0 Å². The van der Waals surface area contributed by atoms with E-state index in [2.05, 4.69) is 9.88 Å². The second-order valence-corrected chi connectivity index (χ2v) is 7.13. The molecule has 2 aliphatic heterocycles. The minimum Gasteiger partial charge on any atom is -0.486 e. The van der Waals surface area contributed by atoms with Crippen LogP contribution < -0.4 is 9.47 Å². The molecule has 0 saturated carbocycles. The van der Waals surface area contributed by atoms with E-state index < -0.39 is 12.0 Å². The van der Waals surface area contributed by atoms with E-state index in [0.29, 0.717) is 31.3 Å². The SMILES string of the molecule is O=C(O)[C@@H](c1ccc2c(c1)OCCO2)N1CCCN(Cc2ccccn2)CC1. The molecule has 0 bridgehead atoms. The zero-order chi connectivity index (χ0) is 19.3. The molecule has 148 valence electrons. The molecule has 4 rings (SSSR count). The molecule has 1 saturated heterocycles. The Morgan fingerprint density at radius 1 is 1.07 bits per heavy atom. The van der Waals surface area contributed by atoms with Gasteiger partial charge < -0.3 is 14.6 Å². The number of nitrogens with zero attached hydrogens (tertiary/aromatic N) is 3. The van der Waals surface area contributed by atoms with Gasteiger partial charge in [-0.05, 0) is 42.8 Å². The topological polar surface area (TPSA) is 75.1 Å². The maximum Gasteiger partial charge on any atom is 0.325 e. The highest BCUT2D eigenvalue weighted by molar-refractivity contribution is 5.76. The van der Waals surface area contributed by atoms with Crippen LogP contribution in [0.3, 0.4) is 0 Å². The van der Waals surface area contributed by atoms with E-state index in [9.17, 15) is 9.90 Å². The first kappa shape index (κ1) is 18.7. The Labute approximate surface area is 164 Å². The van der Waals surface area contributed by atoms with Crippen molar-refractivity contribution < 1.29 is 19.4 Å². The molecular weight excluding hydrogens is 358 g/mol. The number of carboxylic acid groups (broad SMARTS) is 1. The number of aliphatic carboxylic acids is 1. The van der Waals surface area contributed by atoms with Crippen molar-refractivity contribution in [1.82, 2.24) is 14.8 Å². The molecule has 2 aliphatic rings. The summed E-state index contributed by atoms with van der Waals surface area (Å²) < 4.78 is 11.2. The molecule has 0 amide bonds. The predicted octanol–water partition coefficient (Wildman–Crippen LogP) is 2.19. The fourth-order valence-corrected chi connectivity index (χ4v) is 3.87. The molecule has 2 aromatic rings. The summed E-state index contributed by atoms with van der Waals surface area (Å²) in [5.41, 5.74) is 1.77. The molecule has 1 fully saturated rings. The molecule has 28 heavy (non-hydrogen) atoms. The van der Waals surface area contributed by atoms with Crippen LogP contribution in [-0.2, 0) is 11.3 Å². The Bertz CT molecular complexity index is 815. The normalized spacial score (nSPS) is 19.0. The van der Waals surface area contributed by atoms with Gasteiger partial charge in [0.05, 0.1) is 5.69 Å². The van der Waals surface area contributed by atoms with Crippen LogP contribution in [0.25, 0.3) is 0 Å². The van der Waals surface area contributed by atoms with E-state index in [0.717, 1.165) is 43.9 Å². The average molecular weight is 383 g/mol. The largest absolute Gasteiger partial charge is 0.486 e. The smallest absolute Gasteiger partial charge is 0.325 e. The number of benzene rings is 1. The molecule has 1 aromatic heterocycles. The molecule has 7 heteroatoms. The number of carboxylic acids is 1. The Morgan fingerprint density at radius 3 is 2.71 bits per heavy atom. The van der Waals surface area contributed by atoms with Crippen molar-refractivity contribution in [3.63, 3.8) is 0 Å². The van der Waals surface area contributed by atoms with Crippen molar-refractivity contribution in [2.45, 2.75) is 19.0 Å². The molecule has 7 nitrogen and oxygen atoms in total. The van der Waals surface area contributed by atoms with Crippen molar-refractivity contribution in [3.8, 4) is 11.5 Å². The van der Waals surface area contributed by atoms with E-state index in [-0.39, 0.29) is 0 Å². The zero-order valence-electron chi connectivity index (χ0n) is 15.8. The number of pyridine rings is 1. The van der Waals surface area contributed by atoms with Gasteiger partial charge in [-0.25, -0.2) is 0 Å². The monoisotopic (exact) mass is 383 g/mol. The average Bonchev–Trinajstić information content (AvgIpc) is 2.94. The van der Waals surface area contributed by atoms with Crippen LogP contribution in [0.1, 0.15) is 23.7 Å². The minimum atomic E-state index is -0.838. The van der Waals surface area contributed by atoms with Gasteiger partial charge in [-0.3, -0.25) is 19.6 Å². The second-order valence-electron chi connectivity index (χ2n) is 7.13. The molecule has 0 spiro atoms. The highest BCUT2D eigenvalue weighted by Crippen LogP contribution is 2.34. The van der Waals surface area contributed by atoms with Gasteiger partial charge in [0, 0.05) is 32.4 Å². The van der Waals surface area contributed by atoms with Crippen molar-refractivity contribution >= 4 is 5.97 Å². The van der Waals surface area contributed by atoms with E-state index in [1.807, 2.05) is 47.5 Å². The van der Waals surface area contributed by atoms with E-state index >= 15 is 0 Å².